The third kappa shape index (κ3) is 9.08. The molecule has 13 heteroatoms. The first-order chi connectivity index (χ1) is 24.5. The van der Waals surface area contributed by atoms with E-state index in [0.717, 1.165) is 35.6 Å². The second-order valence-electron chi connectivity index (χ2n) is 12.2. The Bertz CT molecular complexity index is 1940. The molecule has 0 spiro atoms. The molecule has 0 aromatic heterocycles. The van der Waals surface area contributed by atoms with Crippen LogP contribution in [0.2, 0.25) is 10.0 Å². The first kappa shape index (κ1) is 37.8. The molecule has 1 aliphatic carbocycles. The van der Waals surface area contributed by atoms with Crippen LogP contribution in [0.25, 0.3) is 0 Å². The second-order valence-corrected chi connectivity index (χ2v) is 14.9. The summed E-state index contributed by atoms with van der Waals surface area (Å²) in [6, 6.07) is 24.0. The molecule has 0 saturated heterocycles. The van der Waals surface area contributed by atoms with E-state index in [1.54, 1.807) is 30.3 Å². The van der Waals surface area contributed by atoms with Gasteiger partial charge in [-0.15, -0.1) is 0 Å². The van der Waals surface area contributed by atoms with Crippen LogP contribution in [0.3, 0.4) is 0 Å². The Kier molecular flexibility index (Phi) is 12.7. The lowest BCUT2D eigenvalue weighted by Crippen LogP contribution is -2.54. The van der Waals surface area contributed by atoms with Crippen molar-refractivity contribution in [2.45, 2.75) is 55.6 Å². The topological polar surface area (TPSA) is 114 Å². The number of benzene rings is 4. The Labute approximate surface area is 309 Å². The number of halogens is 2. The minimum atomic E-state index is -4.51. The van der Waals surface area contributed by atoms with Crippen molar-refractivity contribution >= 4 is 50.7 Å². The molecule has 0 radical (unpaired) electrons. The highest BCUT2D eigenvalue weighted by Gasteiger charge is 2.37. The average molecular weight is 755 g/mol. The molecule has 1 aliphatic rings. The molecule has 0 heterocycles. The van der Waals surface area contributed by atoms with Gasteiger partial charge in [-0.1, -0.05) is 84.6 Å². The monoisotopic (exact) mass is 753 g/mol. The summed E-state index contributed by atoms with van der Waals surface area (Å²) in [5.74, 6) is -0.324. The van der Waals surface area contributed by atoms with Crippen LogP contribution >= 0.6 is 23.2 Å². The van der Waals surface area contributed by atoms with Gasteiger partial charge in [0.1, 0.15) is 18.3 Å². The van der Waals surface area contributed by atoms with E-state index >= 15 is 0 Å². The van der Waals surface area contributed by atoms with Gasteiger partial charge in [0.05, 0.1) is 31.9 Å². The first-order valence-electron chi connectivity index (χ1n) is 16.5. The highest BCUT2D eigenvalue weighted by atomic mass is 35.5. The minimum Gasteiger partial charge on any atom is -0.495 e. The zero-order valence-electron chi connectivity index (χ0n) is 28.7. The molecule has 1 fully saturated rings. The van der Waals surface area contributed by atoms with Gasteiger partial charge >= 0.3 is 0 Å². The number of hydrogen-bond donors (Lipinski definition) is 1. The van der Waals surface area contributed by atoms with E-state index in [9.17, 15) is 18.0 Å². The summed E-state index contributed by atoms with van der Waals surface area (Å²) in [7, 11) is -0.282. The number of sulfonamides is 1. The van der Waals surface area contributed by atoms with Gasteiger partial charge in [-0.05, 0) is 60.4 Å². The number of amides is 2. The van der Waals surface area contributed by atoms with Gasteiger partial charge in [-0.3, -0.25) is 13.9 Å². The summed E-state index contributed by atoms with van der Waals surface area (Å²) in [6.07, 6.45) is 3.86. The Morgan fingerprint density at radius 2 is 1.47 bits per heavy atom. The second kappa shape index (κ2) is 17.2. The maximum atomic E-state index is 14.9. The molecular weight excluding hydrogens is 713 g/mol. The van der Waals surface area contributed by atoms with Crippen LogP contribution < -0.4 is 23.8 Å². The first-order valence-corrected chi connectivity index (χ1v) is 18.7. The molecule has 4 aromatic rings. The molecule has 1 N–H and O–H groups in total. The Hall–Kier alpha value is -4.45. The normalized spacial score (nSPS) is 13.7. The molecule has 5 rings (SSSR count). The van der Waals surface area contributed by atoms with Crippen LogP contribution in [0.4, 0.5) is 5.69 Å². The number of ether oxygens (including phenoxy) is 3. The lowest BCUT2D eigenvalue weighted by Gasteiger charge is -2.34. The van der Waals surface area contributed by atoms with Crippen molar-refractivity contribution in [2.24, 2.45) is 0 Å². The van der Waals surface area contributed by atoms with E-state index in [2.05, 4.69) is 5.32 Å². The lowest BCUT2D eigenvalue weighted by molar-refractivity contribution is -0.140. The van der Waals surface area contributed by atoms with Gasteiger partial charge in [-0.2, -0.15) is 0 Å². The van der Waals surface area contributed by atoms with Crippen LogP contribution in [0.1, 0.15) is 36.8 Å². The van der Waals surface area contributed by atoms with Crippen molar-refractivity contribution in [3.8, 4) is 17.2 Å². The fraction of sp³-hybridized carbons (Fsp3) is 0.316. The third-order valence-electron chi connectivity index (χ3n) is 8.90. The molecule has 1 atom stereocenters. The SMILES string of the molecule is COc1ccc(S(=O)(=O)N(CC(=O)N(Cc2ccccc2Cl)[C@H](Cc2ccccc2)C(=O)NC2CCCC2)c2cc(Cl)ccc2OC)cc1OC. The van der Waals surface area contributed by atoms with E-state index < -0.39 is 28.5 Å². The molecule has 0 aliphatic heterocycles. The maximum absolute atomic E-state index is 14.9. The molecule has 1 saturated carbocycles. The number of carbonyl (C=O) groups excluding carboxylic acids is 2. The quantitative estimate of drug-likeness (QED) is 0.140. The fourth-order valence-electron chi connectivity index (χ4n) is 6.21. The summed E-state index contributed by atoms with van der Waals surface area (Å²) >= 11 is 13.0. The highest BCUT2D eigenvalue weighted by molar-refractivity contribution is 7.92. The van der Waals surface area contributed by atoms with E-state index in [1.165, 1.54) is 56.6 Å². The number of anilines is 1. The van der Waals surface area contributed by atoms with Crippen molar-refractivity contribution in [1.82, 2.24) is 10.2 Å². The van der Waals surface area contributed by atoms with Gasteiger partial charge in [0.25, 0.3) is 10.0 Å². The van der Waals surface area contributed by atoms with Crippen molar-refractivity contribution in [1.29, 1.82) is 0 Å². The molecular formula is C38H41Cl2N3O7S. The predicted molar refractivity (Wildman–Crippen MR) is 198 cm³/mol. The van der Waals surface area contributed by atoms with E-state index in [1.807, 2.05) is 30.3 Å². The number of methoxy groups -OCH3 is 3. The van der Waals surface area contributed by atoms with Crippen LogP contribution in [-0.2, 0) is 32.6 Å². The molecule has 2 amide bonds. The Morgan fingerprint density at radius 1 is 0.824 bits per heavy atom. The van der Waals surface area contributed by atoms with Crippen molar-refractivity contribution in [3.63, 3.8) is 0 Å². The Morgan fingerprint density at radius 3 is 2.14 bits per heavy atom. The maximum Gasteiger partial charge on any atom is 0.265 e. The molecule has 51 heavy (non-hydrogen) atoms. The van der Waals surface area contributed by atoms with Gasteiger partial charge < -0.3 is 24.4 Å². The standard InChI is InChI=1S/C38H41Cl2N3O7S/c1-48-34-19-17-28(39)22-32(34)43(51(46,47)30-18-20-35(49-2)36(23-30)50-3)25-37(44)42(24-27-13-7-10-16-31(27)40)33(21-26-11-5-4-6-12-26)38(45)41-29-14-8-9-15-29/h4-7,10-13,16-20,22-23,29,33H,8-9,14-15,21,24-25H2,1-3H3,(H,41,45)/t33-/m1/s1. The summed E-state index contributed by atoms with van der Waals surface area (Å²) in [5.41, 5.74) is 1.45. The molecule has 10 nitrogen and oxygen atoms in total. The number of nitrogens with one attached hydrogen (secondary N) is 1. The highest BCUT2D eigenvalue weighted by Crippen LogP contribution is 2.37. The average Bonchev–Trinajstić information content (AvgIpc) is 3.65. The minimum absolute atomic E-state index is 0.0225. The number of rotatable bonds is 15. The molecule has 270 valence electrons. The number of hydrogen-bond acceptors (Lipinski definition) is 7. The Balaban J connectivity index is 1.63. The summed E-state index contributed by atoms with van der Waals surface area (Å²) in [5, 5.41) is 3.78. The smallest absolute Gasteiger partial charge is 0.265 e. The van der Waals surface area contributed by atoms with Gasteiger partial charge in [0.15, 0.2) is 11.5 Å². The lowest BCUT2D eigenvalue weighted by atomic mass is 10.0. The van der Waals surface area contributed by atoms with E-state index in [-0.39, 0.29) is 52.0 Å². The number of carbonyl (C=O) groups is 2. The molecule has 0 unspecified atom stereocenters. The zero-order valence-corrected chi connectivity index (χ0v) is 31.0. The van der Waals surface area contributed by atoms with Gasteiger partial charge in [0, 0.05) is 35.1 Å². The van der Waals surface area contributed by atoms with Crippen molar-refractivity contribution in [3.05, 3.63) is 112 Å². The summed E-state index contributed by atoms with van der Waals surface area (Å²) < 4.78 is 46.5. The summed E-state index contributed by atoms with van der Waals surface area (Å²) in [6.45, 7) is -0.773. The van der Waals surface area contributed by atoms with Crippen LogP contribution in [0.15, 0.2) is 95.9 Å². The predicted octanol–water partition coefficient (Wildman–Crippen LogP) is 6.91. The fourth-order valence-corrected chi connectivity index (χ4v) is 8.00. The molecule has 4 aromatic carbocycles. The van der Waals surface area contributed by atoms with Gasteiger partial charge in [-0.25, -0.2) is 8.42 Å². The van der Waals surface area contributed by atoms with Crippen molar-refractivity contribution in [2.75, 3.05) is 32.2 Å². The van der Waals surface area contributed by atoms with Crippen LogP contribution in [-0.4, -0.2) is 65.1 Å². The summed E-state index contributed by atoms with van der Waals surface area (Å²) in [4.78, 5) is 30.4. The number of nitrogens with zero attached hydrogens (tertiary/aromatic N) is 2. The van der Waals surface area contributed by atoms with Crippen LogP contribution in [0, 0.1) is 0 Å². The third-order valence-corrected chi connectivity index (χ3v) is 11.3. The van der Waals surface area contributed by atoms with Crippen LogP contribution in [0.5, 0.6) is 17.2 Å². The van der Waals surface area contributed by atoms with Crippen molar-refractivity contribution < 1.29 is 32.2 Å². The molecule has 0 bridgehead atoms. The van der Waals surface area contributed by atoms with E-state index in [0.29, 0.717) is 16.3 Å². The van der Waals surface area contributed by atoms with E-state index in [4.69, 9.17) is 37.4 Å². The zero-order chi connectivity index (χ0) is 36.5. The van der Waals surface area contributed by atoms with Gasteiger partial charge in [0.2, 0.25) is 11.8 Å². The largest absolute Gasteiger partial charge is 0.495 e.